The summed E-state index contributed by atoms with van der Waals surface area (Å²) in [4.78, 5) is 11.9. The Morgan fingerprint density at radius 1 is 1.26 bits per heavy atom. The Morgan fingerprint density at radius 2 is 2.00 bits per heavy atom. The molecule has 120 valence electrons. The van der Waals surface area contributed by atoms with Crippen molar-refractivity contribution in [2.24, 2.45) is 5.10 Å². The van der Waals surface area contributed by atoms with E-state index in [4.69, 9.17) is 9.47 Å². The van der Waals surface area contributed by atoms with Gasteiger partial charge in [0.05, 0.1) is 13.3 Å². The van der Waals surface area contributed by atoms with Gasteiger partial charge >= 0.3 is 0 Å². The van der Waals surface area contributed by atoms with Gasteiger partial charge in [-0.15, -0.1) is 0 Å². The molecule has 0 aliphatic heterocycles. The van der Waals surface area contributed by atoms with Crippen LogP contribution in [0.3, 0.4) is 0 Å². The fourth-order valence-electron chi connectivity index (χ4n) is 1.79. The van der Waals surface area contributed by atoms with Crippen LogP contribution in [0.5, 0.6) is 17.2 Å². The number of ether oxygens (including phenoxy) is 2. The molecule has 0 saturated carbocycles. The fraction of sp³-hybridized carbons (Fsp3) is 0.176. The predicted molar refractivity (Wildman–Crippen MR) is 86.9 cm³/mol. The second-order valence-corrected chi connectivity index (χ2v) is 4.74. The van der Waals surface area contributed by atoms with Gasteiger partial charge in [0.15, 0.2) is 17.6 Å². The topological polar surface area (TPSA) is 80.2 Å². The smallest absolute Gasteiger partial charge is 0.280 e. The third-order valence-corrected chi connectivity index (χ3v) is 3.02. The molecule has 2 N–H and O–H groups in total. The number of carbonyl (C=O) groups excluding carboxylic acids is 1. The molecule has 6 nitrogen and oxygen atoms in total. The van der Waals surface area contributed by atoms with Crippen LogP contribution in [-0.4, -0.2) is 30.4 Å². The van der Waals surface area contributed by atoms with Gasteiger partial charge in [-0.1, -0.05) is 18.2 Å². The number of nitrogens with one attached hydrogen (secondary N) is 1. The van der Waals surface area contributed by atoms with Crippen molar-refractivity contribution in [2.75, 3.05) is 7.11 Å². The molecule has 1 unspecified atom stereocenters. The van der Waals surface area contributed by atoms with Crippen LogP contribution >= 0.6 is 0 Å². The van der Waals surface area contributed by atoms with Crippen molar-refractivity contribution < 1.29 is 19.4 Å². The molecule has 0 bridgehead atoms. The molecule has 0 heterocycles. The number of hydrogen-bond donors (Lipinski definition) is 2. The minimum absolute atomic E-state index is 0.0403. The second-order valence-electron chi connectivity index (χ2n) is 4.74. The van der Waals surface area contributed by atoms with Crippen LogP contribution < -0.4 is 14.9 Å². The molecule has 6 heteroatoms. The molecule has 1 amide bonds. The molecule has 0 spiro atoms. The van der Waals surface area contributed by atoms with Gasteiger partial charge in [-0.25, -0.2) is 5.43 Å². The number of para-hydroxylation sites is 1. The SMILES string of the molecule is COc1cc(C=NNC(=O)C(C)Oc2ccccc2)ccc1O. The first-order valence-electron chi connectivity index (χ1n) is 7.02. The van der Waals surface area contributed by atoms with Crippen molar-refractivity contribution in [1.29, 1.82) is 0 Å². The standard InChI is InChI=1S/C17H18N2O4/c1-12(23-14-6-4-3-5-7-14)17(21)19-18-11-13-8-9-15(20)16(10-13)22-2/h3-12,20H,1-2H3,(H,19,21). The minimum atomic E-state index is -0.677. The van der Waals surface area contributed by atoms with Gasteiger partial charge in [-0.3, -0.25) is 4.79 Å². The summed E-state index contributed by atoms with van der Waals surface area (Å²) < 4.78 is 10.5. The average Bonchev–Trinajstić information content (AvgIpc) is 2.57. The largest absolute Gasteiger partial charge is 0.504 e. The Kier molecular flexibility index (Phi) is 5.57. The third-order valence-electron chi connectivity index (χ3n) is 3.02. The summed E-state index contributed by atoms with van der Waals surface area (Å²) in [6.45, 7) is 1.64. The van der Waals surface area contributed by atoms with E-state index in [0.717, 1.165) is 0 Å². The molecule has 2 aromatic carbocycles. The number of phenols is 1. The number of nitrogens with zero attached hydrogens (tertiary/aromatic N) is 1. The summed E-state index contributed by atoms with van der Waals surface area (Å²) in [7, 11) is 1.46. The van der Waals surface area contributed by atoms with E-state index in [2.05, 4.69) is 10.5 Å². The highest BCUT2D eigenvalue weighted by Crippen LogP contribution is 2.25. The molecule has 0 aliphatic carbocycles. The minimum Gasteiger partial charge on any atom is -0.504 e. The summed E-state index contributed by atoms with van der Waals surface area (Å²) in [6.07, 6.45) is 0.777. The van der Waals surface area contributed by atoms with Gasteiger partial charge in [-0.2, -0.15) is 5.10 Å². The maximum atomic E-state index is 11.9. The lowest BCUT2D eigenvalue weighted by Crippen LogP contribution is -2.33. The van der Waals surface area contributed by atoms with E-state index in [1.165, 1.54) is 19.4 Å². The normalized spacial score (nSPS) is 11.9. The zero-order chi connectivity index (χ0) is 16.7. The first-order valence-corrected chi connectivity index (χ1v) is 7.02. The molecule has 0 saturated heterocycles. The highest BCUT2D eigenvalue weighted by atomic mass is 16.5. The Labute approximate surface area is 134 Å². The molecule has 0 fully saturated rings. The predicted octanol–water partition coefficient (Wildman–Crippen LogP) is 2.32. The van der Waals surface area contributed by atoms with Crippen molar-refractivity contribution in [3.8, 4) is 17.2 Å². The Hall–Kier alpha value is -3.02. The maximum Gasteiger partial charge on any atom is 0.280 e. The van der Waals surface area contributed by atoms with Gasteiger partial charge in [0, 0.05) is 0 Å². The van der Waals surface area contributed by atoms with Crippen LogP contribution in [0, 0.1) is 0 Å². The molecule has 2 aromatic rings. The van der Waals surface area contributed by atoms with Crippen LogP contribution in [-0.2, 0) is 4.79 Å². The highest BCUT2D eigenvalue weighted by molar-refractivity contribution is 5.84. The first-order chi connectivity index (χ1) is 11.1. The van der Waals surface area contributed by atoms with Crippen molar-refractivity contribution in [1.82, 2.24) is 5.43 Å². The summed E-state index contributed by atoms with van der Waals surface area (Å²) in [5, 5.41) is 13.4. The van der Waals surface area contributed by atoms with Gasteiger partial charge in [0.1, 0.15) is 5.75 Å². The van der Waals surface area contributed by atoms with Crippen LogP contribution in [0.15, 0.2) is 53.6 Å². The number of rotatable bonds is 6. The number of hydrogen-bond acceptors (Lipinski definition) is 5. The molecule has 23 heavy (non-hydrogen) atoms. The molecule has 1 atom stereocenters. The summed E-state index contributed by atoms with van der Waals surface area (Å²) in [6, 6.07) is 13.8. The van der Waals surface area contributed by atoms with Crippen LogP contribution in [0.4, 0.5) is 0 Å². The Morgan fingerprint density at radius 3 is 2.70 bits per heavy atom. The number of phenolic OH excluding ortho intramolecular Hbond substituents is 1. The lowest BCUT2D eigenvalue weighted by molar-refractivity contribution is -0.127. The van der Waals surface area contributed by atoms with E-state index >= 15 is 0 Å². The van der Waals surface area contributed by atoms with Crippen molar-refractivity contribution in [2.45, 2.75) is 13.0 Å². The van der Waals surface area contributed by atoms with Gasteiger partial charge in [-0.05, 0) is 42.8 Å². The summed E-state index contributed by atoms with van der Waals surface area (Å²) in [5.74, 6) is 0.623. The van der Waals surface area contributed by atoms with Crippen LogP contribution in [0.1, 0.15) is 12.5 Å². The van der Waals surface area contributed by atoms with Gasteiger partial charge in [0.25, 0.3) is 5.91 Å². The lowest BCUT2D eigenvalue weighted by Gasteiger charge is -2.12. The van der Waals surface area contributed by atoms with E-state index < -0.39 is 6.10 Å². The molecule has 0 aliphatic rings. The highest BCUT2D eigenvalue weighted by Gasteiger charge is 2.13. The maximum absolute atomic E-state index is 11.9. The number of methoxy groups -OCH3 is 1. The lowest BCUT2D eigenvalue weighted by atomic mass is 10.2. The Bertz CT molecular complexity index is 686. The van der Waals surface area contributed by atoms with Gasteiger partial charge in [0.2, 0.25) is 0 Å². The second kappa shape index (κ2) is 7.84. The number of benzene rings is 2. The van der Waals surface area contributed by atoms with Crippen LogP contribution in [0.2, 0.25) is 0 Å². The quantitative estimate of drug-likeness (QED) is 0.633. The third kappa shape index (κ3) is 4.74. The van der Waals surface area contributed by atoms with Crippen molar-refractivity contribution in [3.05, 3.63) is 54.1 Å². The van der Waals surface area contributed by atoms with Crippen molar-refractivity contribution in [3.63, 3.8) is 0 Å². The van der Waals surface area contributed by atoms with Crippen molar-refractivity contribution >= 4 is 12.1 Å². The zero-order valence-electron chi connectivity index (χ0n) is 12.9. The molecular weight excluding hydrogens is 296 g/mol. The Balaban J connectivity index is 1.90. The zero-order valence-corrected chi connectivity index (χ0v) is 12.9. The fourth-order valence-corrected chi connectivity index (χ4v) is 1.79. The molecule has 0 radical (unpaired) electrons. The summed E-state index contributed by atoms with van der Waals surface area (Å²) >= 11 is 0. The van der Waals surface area contributed by atoms with Gasteiger partial charge < -0.3 is 14.6 Å². The number of hydrazone groups is 1. The van der Waals surface area contributed by atoms with E-state index in [0.29, 0.717) is 17.1 Å². The number of amides is 1. The van der Waals surface area contributed by atoms with Crippen LogP contribution in [0.25, 0.3) is 0 Å². The molecule has 2 rings (SSSR count). The van der Waals surface area contributed by atoms with E-state index in [1.807, 2.05) is 18.2 Å². The number of carbonyl (C=O) groups is 1. The average molecular weight is 314 g/mol. The summed E-state index contributed by atoms with van der Waals surface area (Å²) in [5.41, 5.74) is 3.08. The van der Waals surface area contributed by atoms with E-state index in [1.54, 1.807) is 31.2 Å². The monoisotopic (exact) mass is 314 g/mol. The van der Waals surface area contributed by atoms with E-state index in [9.17, 15) is 9.90 Å². The van der Waals surface area contributed by atoms with E-state index in [-0.39, 0.29) is 11.7 Å². The first kappa shape index (κ1) is 16.4. The molecular formula is C17H18N2O4. The molecule has 0 aromatic heterocycles. The number of aromatic hydroxyl groups is 1.